The highest BCUT2D eigenvalue weighted by Gasteiger charge is 2.24. The second kappa shape index (κ2) is 12.1. The fourth-order valence-corrected chi connectivity index (χ4v) is 4.46. The number of nitrogens with zero attached hydrogens (tertiary/aromatic N) is 5. The minimum absolute atomic E-state index is 0.0417. The summed E-state index contributed by atoms with van der Waals surface area (Å²) in [5.41, 5.74) is 2.15. The van der Waals surface area contributed by atoms with E-state index in [1.807, 2.05) is 36.4 Å². The Hall–Kier alpha value is -3.01. The highest BCUT2D eigenvalue weighted by atomic mass is 16.5. The maximum atomic E-state index is 12.7. The molecule has 1 atom stereocenters. The Balaban J connectivity index is 1.21. The molecule has 4 rings (SSSR count). The number of aryl methyl sites for hydroxylation is 1. The molecule has 1 unspecified atom stereocenters. The minimum Gasteiger partial charge on any atom is -0.468 e. The van der Waals surface area contributed by atoms with Crippen molar-refractivity contribution in [2.75, 3.05) is 52.4 Å². The standard InChI is InChI=1S/C26H36N6O3/c1-4-32(5-2)22(23-7-6-16-34-23)17-27-24(33)18-30-12-14-31(15-13-30)19-25-28-26(29-35-25)21-10-8-20(3)9-11-21/h6-11,16,22H,4-5,12-15,17-19H2,1-3H3,(H,27,33). The van der Waals surface area contributed by atoms with E-state index in [4.69, 9.17) is 8.94 Å². The number of carbonyl (C=O) groups is 1. The Bertz CT molecular complexity index is 1040. The third kappa shape index (κ3) is 6.78. The molecular weight excluding hydrogens is 444 g/mol. The number of nitrogens with one attached hydrogen (secondary N) is 1. The Morgan fingerprint density at radius 3 is 2.46 bits per heavy atom. The minimum atomic E-state index is 0.0417. The average Bonchev–Trinajstić information content (AvgIpc) is 3.56. The van der Waals surface area contributed by atoms with Gasteiger partial charge in [-0.05, 0) is 32.1 Å². The Morgan fingerprint density at radius 1 is 1.09 bits per heavy atom. The first-order chi connectivity index (χ1) is 17.1. The zero-order valence-electron chi connectivity index (χ0n) is 20.9. The van der Waals surface area contributed by atoms with Crippen LogP contribution < -0.4 is 5.32 Å². The number of piperazine rings is 1. The molecule has 1 aliphatic rings. The number of rotatable bonds is 11. The predicted octanol–water partition coefficient (Wildman–Crippen LogP) is 2.95. The fraction of sp³-hybridized carbons (Fsp3) is 0.500. The molecule has 0 spiro atoms. The molecular formula is C26H36N6O3. The molecule has 9 heteroatoms. The summed E-state index contributed by atoms with van der Waals surface area (Å²) in [6.45, 7) is 13.0. The highest BCUT2D eigenvalue weighted by Crippen LogP contribution is 2.20. The van der Waals surface area contributed by atoms with Crippen LogP contribution in [0.1, 0.15) is 37.1 Å². The zero-order chi connectivity index (χ0) is 24.6. The van der Waals surface area contributed by atoms with E-state index in [0.29, 0.717) is 31.3 Å². The summed E-state index contributed by atoms with van der Waals surface area (Å²) >= 11 is 0. The SMILES string of the molecule is CCN(CC)C(CNC(=O)CN1CCN(Cc2nc(-c3ccc(C)cc3)no2)CC1)c1ccco1. The number of amides is 1. The Labute approximate surface area is 207 Å². The van der Waals surface area contributed by atoms with Crippen LogP contribution >= 0.6 is 0 Å². The first-order valence-electron chi connectivity index (χ1n) is 12.4. The monoisotopic (exact) mass is 480 g/mol. The van der Waals surface area contributed by atoms with Crippen LogP contribution in [-0.4, -0.2) is 83.1 Å². The van der Waals surface area contributed by atoms with Crippen molar-refractivity contribution >= 4 is 5.91 Å². The largest absolute Gasteiger partial charge is 0.468 e. The lowest BCUT2D eigenvalue weighted by Crippen LogP contribution is -2.49. The number of aromatic nitrogens is 2. The lowest BCUT2D eigenvalue weighted by Gasteiger charge is -2.33. The normalized spacial score (nSPS) is 16.0. The van der Waals surface area contributed by atoms with Crippen molar-refractivity contribution in [3.05, 3.63) is 59.9 Å². The van der Waals surface area contributed by atoms with Gasteiger partial charge in [-0.2, -0.15) is 4.98 Å². The van der Waals surface area contributed by atoms with Gasteiger partial charge in [0.15, 0.2) is 0 Å². The van der Waals surface area contributed by atoms with Crippen molar-refractivity contribution in [1.82, 2.24) is 30.2 Å². The van der Waals surface area contributed by atoms with E-state index in [0.717, 1.165) is 50.6 Å². The topological polar surface area (TPSA) is 90.9 Å². The van der Waals surface area contributed by atoms with E-state index in [-0.39, 0.29) is 11.9 Å². The van der Waals surface area contributed by atoms with Crippen LogP contribution in [0.3, 0.4) is 0 Å². The van der Waals surface area contributed by atoms with Crippen molar-refractivity contribution < 1.29 is 13.7 Å². The number of hydrogen-bond acceptors (Lipinski definition) is 8. The summed E-state index contributed by atoms with van der Waals surface area (Å²) in [6.07, 6.45) is 1.69. The number of benzene rings is 1. The first kappa shape index (κ1) is 25.1. The number of furan rings is 1. The molecule has 3 heterocycles. The molecule has 1 saturated heterocycles. The molecule has 1 amide bonds. The molecule has 0 bridgehead atoms. The third-order valence-corrected chi connectivity index (χ3v) is 6.59. The molecule has 188 valence electrons. The maximum Gasteiger partial charge on any atom is 0.241 e. The van der Waals surface area contributed by atoms with E-state index in [1.165, 1.54) is 5.56 Å². The van der Waals surface area contributed by atoms with Crippen molar-refractivity contribution in [2.45, 2.75) is 33.4 Å². The van der Waals surface area contributed by atoms with Gasteiger partial charge < -0.3 is 14.3 Å². The highest BCUT2D eigenvalue weighted by molar-refractivity contribution is 5.78. The van der Waals surface area contributed by atoms with Gasteiger partial charge in [-0.3, -0.25) is 19.5 Å². The summed E-state index contributed by atoms with van der Waals surface area (Å²) in [5, 5.41) is 7.24. The van der Waals surface area contributed by atoms with Gasteiger partial charge in [0.1, 0.15) is 5.76 Å². The lowest BCUT2D eigenvalue weighted by molar-refractivity contribution is -0.123. The van der Waals surface area contributed by atoms with E-state index in [1.54, 1.807) is 6.26 Å². The van der Waals surface area contributed by atoms with Crippen LogP contribution in [-0.2, 0) is 11.3 Å². The van der Waals surface area contributed by atoms with Crippen LogP contribution in [0.15, 0.2) is 51.6 Å². The second-order valence-corrected chi connectivity index (χ2v) is 8.99. The van der Waals surface area contributed by atoms with Crippen LogP contribution in [0.4, 0.5) is 0 Å². The maximum absolute atomic E-state index is 12.7. The van der Waals surface area contributed by atoms with Gasteiger partial charge in [-0.25, -0.2) is 0 Å². The van der Waals surface area contributed by atoms with Crippen LogP contribution in [0.2, 0.25) is 0 Å². The number of carbonyl (C=O) groups excluding carboxylic acids is 1. The first-order valence-corrected chi connectivity index (χ1v) is 12.4. The van der Waals surface area contributed by atoms with Crippen molar-refractivity contribution in [2.24, 2.45) is 0 Å². The number of likely N-dealkylation sites (N-methyl/N-ethyl adjacent to an activating group) is 1. The summed E-state index contributed by atoms with van der Waals surface area (Å²) in [4.78, 5) is 24.0. The van der Waals surface area contributed by atoms with Gasteiger partial charge in [0.2, 0.25) is 17.6 Å². The Kier molecular flexibility index (Phi) is 8.68. The van der Waals surface area contributed by atoms with Gasteiger partial charge in [-0.15, -0.1) is 0 Å². The van der Waals surface area contributed by atoms with Crippen molar-refractivity contribution in [3.8, 4) is 11.4 Å². The van der Waals surface area contributed by atoms with E-state index in [2.05, 4.69) is 50.9 Å². The summed E-state index contributed by atoms with van der Waals surface area (Å²) in [6, 6.07) is 12.0. The average molecular weight is 481 g/mol. The van der Waals surface area contributed by atoms with Gasteiger partial charge in [-0.1, -0.05) is 48.8 Å². The van der Waals surface area contributed by atoms with E-state index >= 15 is 0 Å². The molecule has 0 aliphatic carbocycles. The zero-order valence-corrected chi connectivity index (χ0v) is 20.9. The summed E-state index contributed by atoms with van der Waals surface area (Å²) < 4.78 is 11.1. The van der Waals surface area contributed by atoms with Gasteiger partial charge >= 0.3 is 0 Å². The second-order valence-electron chi connectivity index (χ2n) is 8.99. The quantitative estimate of drug-likeness (QED) is 0.448. The van der Waals surface area contributed by atoms with Gasteiger partial charge in [0, 0.05) is 38.3 Å². The van der Waals surface area contributed by atoms with E-state index in [9.17, 15) is 4.79 Å². The van der Waals surface area contributed by atoms with Crippen molar-refractivity contribution in [3.63, 3.8) is 0 Å². The van der Waals surface area contributed by atoms with Crippen LogP contribution in [0.5, 0.6) is 0 Å². The molecule has 3 aromatic rings. The van der Waals surface area contributed by atoms with E-state index < -0.39 is 0 Å². The van der Waals surface area contributed by atoms with Gasteiger partial charge in [0.25, 0.3) is 0 Å². The molecule has 35 heavy (non-hydrogen) atoms. The van der Waals surface area contributed by atoms with Crippen molar-refractivity contribution in [1.29, 1.82) is 0 Å². The molecule has 9 nitrogen and oxygen atoms in total. The van der Waals surface area contributed by atoms with Crippen LogP contribution in [0, 0.1) is 6.92 Å². The Morgan fingerprint density at radius 2 is 1.80 bits per heavy atom. The smallest absolute Gasteiger partial charge is 0.241 e. The lowest BCUT2D eigenvalue weighted by atomic mass is 10.1. The molecule has 2 aromatic heterocycles. The molecule has 0 saturated carbocycles. The third-order valence-electron chi connectivity index (χ3n) is 6.59. The molecule has 1 fully saturated rings. The fourth-order valence-electron chi connectivity index (χ4n) is 4.46. The molecule has 1 aromatic carbocycles. The van der Waals surface area contributed by atoms with Gasteiger partial charge in [0.05, 0.1) is 25.4 Å². The molecule has 0 radical (unpaired) electrons. The predicted molar refractivity (Wildman–Crippen MR) is 134 cm³/mol. The van der Waals surface area contributed by atoms with Crippen LogP contribution in [0.25, 0.3) is 11.4 Å². The molecule has 1 aliphatic heterocycles. The summed E-state index contributed by atoms with van der Waals surface area (Å²) in [5.74, 6) is 2.16. The molecule has 1 N–H and O–H groups in total. The summed E-state index contributed by atoms with van der Waals surface area (Å²) in [7, 11) is 0. The number of hydrogen-bond donors (Lipinski definition) is 1.